The van der Waals surface area contributed by atoms with E-state index in [-0.39, 0.29) is 11.3 Å². The third-order valence-corrected chi connectivity index (χ3v) is 6.40. The van der Waals surface area contributed by atoms with Crippen LogP contribution in [0.4, 0.5) is 0 Å². The lowest BCUT2D eigenvalue weighted by Gasteiger charge is -2.32. The molecule has 0 amide bonds. The number of hydrogen-bond acceptors (Lipinski definition) is 4. The summed E-state index contributed by atoms with van der Waals surface area (Å²) in [5.41, 5.74) is 0. The third-order valence-electron chi connectivity index (χ3n) is 6.40. The number of nitrogens with zero attached hydrogens (tertiary/aromatic N) is 2. The topological polar surface area (TPSA) is 79.1 Å². The zero-order valence-electron chi connectivity index (χ0n) is 20.3. The molecule has 2 unspecified atom stereocenters. The first-order valence-electron chi connectivity index (χ1n) is 13.0. The molecule has 6 nitrogen and oxygen atoms in total. The summed E-state index contributed by atoms with van der Waals surface area (Å²) in [6, 6.07) is 0. The van der Waals surface area contributed by atoms with E-state index in [9.17, 15) is 15.0 Å². The summed E-state index contributed by atoms with van der Waals surface area (Å²) >= 11 is 0. The van der Waals surface area contributed by atoms with Gasteiger partial charge < -0.3 is 10.2 Å². The molecule has 0 aliphatic carbocycles. The molecule has 0 aromatic carbocycles. The van der Waals surface area contributed by atoms with Crippen LogP contribution in [-0.4, -0.2) is 59.0 Å². The number of unbranched alkanes of at least 4 members (excludes halogenated alkanes) is 14. The highest BCUT2D eigenvalue weighted by molar-refractivity contribution is 5.76. The average molecular weight is 442 g/mol. The van der Waals surface area contributed by atoms with Gasteiger partial charge in [-0.3, -0.25) is 0 Å². The zero-order chi connectivity index (χ0) is 22.8. The summed E-state index contributed by atoms with van der Waals surface area (Å²) in [6.07, 6.45) is 20.0. The van der Waals surface area contributed by atoms with Gasteiger partial charge in [-0.25, -0.2) is 9.79 Å². The number of carbonyl (C=O) groups is 1. The largest absolute Gasteiger partial charge is 0.479 e. The number of hydrogen-bond donors (Lipinski definition) is 2. The summed E-state index contributed by atoms with van der Waals surface area (Å²) in [4.78, 5) is 21.6. The summed E-state index contributed by atoms with van der Waals surface area (Å²) in [6.45, 7) is 5.41. The molecule has 2 atom stereocenters. The second-order valence-electron chi connectivity index (χ2n) is 9.14. The Balaban J connectivity index is 2.07. The van der Waals surface area contributed by atoms with Gasteiger partial charge in [0.05, 0.1) is 13.2 Å². The van der Waals surface area contributed by atoms with Crippen molar-refractivity contribution in [1.82, 2.24) is 0 Å². The molecule has 31 heavy (non-hydrogen) atoms. The maximum Gasteiger partial charge on any atom is 0.339 e. The Morgan fingerprint density at radius 2 is 1.42 bits per heavy atom. The van der Waals surface area contributed by atoms with Crippen molar-refractivity contribution in [3.63, 3.8) is 0 Å². The number of rotatable bonds is 21. The number of aliphatic imine (C=N–C) groups is 1. The van der Waals surface area contributed by atoms with Crippen LogP contribution in [0.1, 0.15) is 117 Å². The molecule has 0 aromatic heterocycles. The van der Waals surface area contributed by atoms with Crippen LogP contribution in [0.5, 0.6) is 0 Å². The summed E-state index contributed by atoms with van der Waals surface area (Å²) < 4.78 is 0.0859. The molecule has 0 spiro atoms. The van der Waals surface area contributed by atoms with Crippen molar-refractivity contribution in [3.8, 4) is 0 Å². The van der Waals surface area contributed by atoms with E-state index in [0.717, 1.165) is 18.7 Å². The molecule has 6 heteroatoms. The Kier molecular flexibility index (Phi) is 15.9. The van der Waals surface area contributed by atoms with Crippen LogP contribution in [0, 0.1) is 0 Å². The Bertz CT molecular complexity index is 498. The van der Waals surface area contributed by atoms with Gasteiger partial charge in [0.1, 0.15) is 13.1 Å². The number of amidine groups is 1. The maximum absolute atomic E-state index is 11.2. The lowest BCUT2D eigenvalue weighted by Crippen LogP contribution is -2.55. The van der Waals surface area contributed by atoms with Gasteiger partial charge in [-0.1, -0.05) is 96.8 Å². The van der Waals surface area contributed by atoms with Gasteiger partial charge in [0.2, 0.25) is 11.9 Å². The van der Waals surface area contributed by atoms with E-state index in [4.69, 9.17) is 4.84 Å². The second-order valence-corrected chi connectivity index (χ2v) is 9.14. The fraction of sp³-hybridized carbons (Fsp3) is 0.920. The molecule has 0 bridgehead atoms. The fourth-order valence-electron chi connectivity index (χ4n) is 4.45. The standard InChI is InChI=1S/C25H48N2O4/c1-3-4-5-6-7-8-9-10-11-12-13-14-15-16-17-18-24-26-19-20-27(24,21-22-28)31-23(2)25(29)30/h23,28H,3-22H2,1-2H3/p+1. The van der Waals surface area contributed by atoms with E-state index in [0.29, 0.717) is 19.6 Å². The molecule has 1 rings (SSSR count). The monoisotopic (exact) mass is 441 g/mol. The van der Waals surface area contributed by atoms with Crippen molar-refractivity contribution in [2.24, 2.45) is 4.99 Å². The Labute approximate surface area is 190 Å². The molecule has 1 aliphatic rings. The smallest absolute Gasteiger partial charge is 0.339 e. The minimum Gasteiger partial charge on any atom is -0.479 e. The van der Waals surface area contributed by atoms with E-state index in [1.807, 2.05) is 0 Å². The van der Waals surface area contributed by atoms with Crippen LogP contribution >= 0.6 is 0 Å². The van der Waals surface area contributed by atoms with Crippen LogP contribution in [0.15, 0.2) is 4.99 Å². The van der Waals surface area contributed by atoms with E-state index in [2.05, 4.69) is 11.9 Å². The van der Waals surface area contributed by atoms with E-state index >= 15 is 0 Å². The minimum absolute atomic E-state index is 0.0375. The maximum atomic E-state index is 11.2. The predicted molar refractivity (Wildman–Crippen MR) is 127 cm³/mol. The summed E-state index contributed by atoms with van der Waals surface area (Å²) in [7, 11) is 0. The highest BCUT2D eigenvalue weighted by Gasteiger charge is 2.42. The molecule has 1 heterocycles. The van der Waals surface area contributed by atoms with Crippen LogP contribution < -0.4 is 0 Å². The summed E-state index contributed by atoms with van der Waals surface area (Å²) in [5, 5.41) is 18.7. The molecule has 182 valence electrons. The van der Waals surface area contributed by atoms with Gasteiger partial charge in [-0.15, -0.1) is 4.65 Å². The third kappa shape index (κ3) is 12.0. The normalized spacial score (nSPS) is 19.5. The van der Waals surface area contributed by atoms with Gasteiger partial charge in [0, 0.05) is 6.42 Å². The molecule has 0 aromatic rings. The van der Waals surface area contributed by atoms with Crippen LogP contribution in [0.2, 0.25) is 0 Å². The molecular weight excluding hydrogens is 392 g/mol. The van der Waals surface area contributed by atoms with E-state index < -0.39 is 12.1 Å². The first-order valence-corrected chi connectivity index (χ1v) is 13.0. The highest BCUT2D eigenvalue weighted by atomic mass is 16.7. The van der Waals surface area contributed by atoms with Crippen LogP contribution in [0.3, 0.4) is 0 Å². The molecule has 2 N–H and O–H groups in total. The molecule has 0 radical (unpaired) electrons. The van der Waals surface area contributed by atoms with Crippen molar-refractivity contribution >= 4 is 11.8 Å². The van der Waals surface area contributed by atoms with Crippen molar-refractivity contribution in [3.05, 3.63) is 0 Å². The lowest BCUT2D eigenvalue weighted by molar-refractivity contribution is -1.04. The number of quaternary nitrogens is 1. The number of carboxylic acid groups (broad SMARTS) is 1. The zero-order valence-corrected chi connectivity index (χ0v) is 20.3. The molecule has 1 aliphatic heterocycles. The fourth-order valence-corrected chi connectivity index (χ4v) is 4.45. The predicted octanol–water partition coefficient (Wildman–Crippen LogP) is 5.87. The Morgan fingerprint density at radius 1 is 0.935 bits per heavy atom. The van der Waals surface area contributed by atoms with Crippen molar-refractivity contribution in [2.75, 3.05) is 26.2 Å². The lowest BCUT2D eigenvalue weighted by atomic mass is 10.0. The SMILES string of the molecule is CCCCCCCCCCCCCCCCCC1=NCC[N+]1(CCO)OC(C)C(=O)O. The minimum atomic E-state index is -0.978. The van der Waals surface area contributed by atoms with Gasteiger partial charge in [-0.2, -0.15) is 4.84 Å². The average Bonchev–Trinajstić information content (AvgIpc) is 3.13. The quantitative estimate of drug-likeness (QED) is 0.172. The number of carboxylic acids is 1. The van der Waals surface area contributed by atoms with Gasteiger partial charge >= 0.3 is 5.97 Å². The van der Waals surface area contributed by atoms with Crippen molar-refractivity contribution < 1.29 is 24.5 Å². The molecule has 0 fully saturated rings. The Morgan fingerprint density at radius 3 is 1.87 bits per heavy atom. The first kappa shape index (κ1) is 28.1. The van der Waals surface area contributed by atoms with Crippen LogP contribution in [-0.2, 0) is 9.63 Å². The second kappa shape index (κ2) is 17.6. The van der Waals surface area contributed by atoms with Gasteiger partial charge in [-0.05, 0) is 13.3 Å². The summed E-state index contributed by atoms with van der Waals surface area (Å²) in [5.74, 6) is -0.0782. The van der Waals surface area contributed by atoms with Crippen LogP contribution in [0.25, 0.3) is 0 Å². The van der Waals surface area contributed by atoms with Crippen molar-refractivity contribution in [1.29, 1.82) is 0 Å². The Hall–Kier alpha value is -0.980. The van der Waals surface area contributed by atoms with E-state index in [1.54, 1.807) is 6.92 Å². The van der Waals surface area contributed by atoms with Crippen molar-refractivity contribution in [2.45, 2.75) is 123 Å². The molecule has 0 saturated carbocycles. The molecular formula is C25H49N2O4+. The van der Waals surface area contributed by atoms with E-state index in [1.165, 1.54) is 89.9 Å². The number of aliphatic hydroxyl groups is 1. The number of aliphatic hydroxyl groups excluding tert-OH is 1. The number of hydroxylamine groups is 3. The van der Waals surface area contributed by atoms with Gasteiger partial charge in [0.25, 0.3) is 0 Å². The molecule has 0 saturated heterocycles. The highest BCUT2D eigenvalue weighted by Crippen LogP contribution is 2.23. The number of aliphatic carboxylic acids is 1. The van der Waals surface area contributed by atoms with Gasteiger partial charge in [0.15, 0.2) is 0 Å². The first-order chi connectivity index (χ1) is 15.1.